The van der Waals surface area contributed by atoms with Crippen molar-refractivity contribution >= 4 is 17.0 Å². The lowest BCUT2D eigenvalue weighted by Crippen LogP contribution is -2.33. The zero-order chi connectivity index (χ0) is 22.1. The molecule has 0 unspecified atom stereocenters. The number of halogens is 1. The maximum absolute atomic E-state index is 2.75. The topological polar surface area (TPSA) is 6.48 Å². The van der Waals surface area contributed by atoms with E-state index in [1.54, 1.807) is 0 Å². The van der Waals surface area contributed by atoms with E-state index >= 15 is 0 Å². The standard InChI is InChI=1S/C28H60N2.BrH/c1-5-7-9-11-13-15-17-19-21-23-25-30(28-27-29(3)4)26-24-22-20-18-16-14-12-10-8-6-2;/h5-28H2,1-4H3;1H. The largest absolute Gasteiger partial charge is 0.308 e. The molecule has 0 radical (unpaired) electrons. The van der Waals surface area contributed by atoms with Crippen LogP contribution in [0, 0.1) is 0 Å². The van der Waals surface area contributed by atoms with E-state index in [1.807, 2.05) is 0 Å². The number of hydrogen-bond donors (Lipinski definition) is 0. The molecule has 0 N–H and O–H groups in total. The SMILES string of the molecule is Br.CCCCCCCCCCCCN(CCCCCCCCCCCC)CCN(C)C. The molecule has 0 atom stereocenters. The van der Waals surface area contributed by atoms with Crippen molar-refractivity contribution in [1.82, 2.24) is 9.80 Å². The smallest absolute Gasteiger partial charge is 0.0109 e. The highest BCUT2D eigenvalue weighted by Gasteiger charge is 2.05. The molecule has 0 saturated carbocycles. The third-order valence-electron chi connectivity index (χ3n) is 6.52. The zero-order valence-corrected chi connectivity index (χ0v) is 24.0. The molecule has 0 aliphatic rings. The summed E-state index contributed by atoms with van der Waals surface area (Å²) in [6, 6.07) is 0. The molecule has 0 aromatic rings. The van der Waals surface area contributed by atoms with Crippen molar-refractivity contribution in [3.05, 3.63) is 0 Å². The molecule has 0 saturated heterocycles. The molecule has 0 heterocycles. The van der Waals surface area contributed by atoms with Gasteiger partial charge in [0.25, 0.3) is 0 Å². The second kappa shape index (κ2) is 28.4. The van der Waals surface area contributed by atoms with Crippen LogP contribution in [0.1, 0.15) is 142 Å². The van der Waals surface area contributed by atoms with Gasteiger partial charge in [0.1, 0.15) is 0 Å². The van der Waals surface area contributed by atoms with Gasteiger partial charge in [0.2, 0.25) is 0 Å². The van der Waals surface area contributed by atoms with Crippen LogP contribution in [-0.2, 0) is 0 Å². The first kappa shape index (κ1) is 33.6. The van der Waals surface area contributed by atoms with Gasteiger partial charge in [0.15, 0.2) is 0 Å². The number of hydrogen-bond acceptors (Lipinski definition) is 2. The van der Waals surface area contributed by atoms with Gasteiger partial charge in [-0.05, 0) is 40.0 Å². The molecule has 3 heteroatoms. The summed E-state index contributed by atoms with van der Waals surface area (Å²) >= 11 is 0. The molecule has 0 aromatic carbocycles. The second-order valence-electron chi connectivity index (χ2n) is 10.0. The lowest BCUT2D eigenvalue weighted by Gasteiger charge is -2.24. The molecular formula is C28H61BrN2. The van der Waals surface area contributed by atoms with Crippen LogP contribution in [0.15, 0.2) is 0 Å². The fourth-order valence-electron chi connectivity index (χ4n) is 4.32. The summed E-state index contributed by atoms with van der Waals surface area (Å²) in [6.07, 6.45) is 28.8. The van der Waals surface area contributed by atoms with Gasteiger partial charge in [0, 0.05) is 13.1 Å². The van der Waals surface area contributed by atoms with Crippen LogP contribution in [0.5, 0.6) is 0 Å². The molecule has 0 amide bonds. The van der Waals surface area contributed by atoms with Crippen LogP contribution in [0.4, 0.5) is 0 Å². The number of unbranched alkanes of at least 4 members (excludes halogenated alkanes) is 18. The summed E-state index contributed by atoms with van der Waals surface area (Å²) in [6.45, 7) is 9.71. The molecule has 0 bridgehead atoms. The summed E-state index contributed by atoms with van der Waals surface area (Å²) in [5.74, 6) is 0. The van der Waals surface area contributed by atoms with Crippen LogP contribution in [0.25, 0.3) is 0 Å². The maximum Gasteiger partial charge on any atom is 0.0109 e. The Morgan fingerprint density at radius 2 is 0.645 bits per heavy atom. The summed E-state index contributed by atoms with van der Waals surface area (Å²) in [7, 11) is 4.42. The van der Waals surface area contributed by atoms with Gasteiger partial charge in [-0.25, -0.2) is 0 Å². The van der Waals surface area contributed by atoms with Gasteiger partial charge in [-0.2, -0.15) is 0 Å². The molecule has 190 valence electrons. The summed E-state index contributed by atoms with van der Waals surface area (Å²) in [5, 5.41) is 0. The van der Waals surface area contributed by atoms with Gasteiger partial charge in [-0.1, -0.05) is 129 Å². The molecule has 31 heavy (non-hydrogen) atoms. The van der Waals surface area contributed by atoms with E-state index in [4.69, 9.17) is 0 Å². The molecule has 0 spiro atoms. The first-order valence-electron chi connectivity index (χ1n) is 14.1. The first-order valence-corrected chi connectivity index (χ1v) is 14.1. The summed E-state index contributed by atoms with van der Waals surface area (Å²) in [5.41, 5.74) is 0. The number of nitrogens with zero attached hydrogens (tertiary/aromatic N) is 2. The average Bonchev–Trinajstić information content (AvgIpc) is 2.73. The lowest BCUT2D eigenvalue weighted by atomic mass is 10.1. The van der Waals surface area contributed by atoms with Crippen molar-refractivity contribution in [3.63, 3.8) is 0 Å². The van der Waals surface area contributed by atoms with Crippen LogP contribution in [0.2, 0.25) is 0 Å². The normalized spacial score (nSPS) is 11.4. The molecule has 0 aliphatic carbocycles. The molecule has 0 rings (SSSR count). The van der Waals surface area contributed by atoms with Gasteiger partial charge in [0.05, 0.1) is 0 Å². The highest BCUT2D eigenvalue weighted by molar-refractivity contribution is 8.93. The average molecular weight is 506 g/mol. The Balaban J connectivity index is 0. The summed E-state index contributed by atoms with van der Waals surface area (Å²) < 4.78 is 0. The lowest BCUT2D eigenvalue weighted by molar-refractivity contribution is 0.231. The van der Waals surface area contributed by atoms with Crippen molar-refractivity contribution in [2.45, 2.75) is 142 Å². The van der Waals surface area contributed by atoms with E-state index in [9.17, 15) is 0 Å². The second-order valence-corrected chi connectivity index (χ2v) is 10.0. The quantitative estimate of drug-likeness (QED) is 0.114. The zero-order valence-electron chi connectivity index (χ0n) is 22.3. The molecule has 0 aromatic heterocycles. The van der Waals surface area contributed by atoms with Gasteiger partial charge in [-0.15, -0.1) is 17.0 Å². The molecular weight excluding hydrogens is 444 g/mol. The molecule has 0 aliphatic heterocycles. The molecule has 0 fully saturated rings. The van der Waals surface area contributed by atoms with Crippen molar-refractivity contribution in [2.75, 3.05) is 40.3 Å². The van der Waals surface area contributed by atoms with E-state index in [0.29, 0.717) is 0 Å². The highest BCUT2D eigenvalue weighted by atomic mass is 79.9. The van der Waals surface area contributed by atoms with Gasteiger partial charge >= 0.3 is 0 Å². The highest BCUT2D eigenvalue weighted by Crippen LogP contribution is 2.12. The Labute approximate surface area is 209 Å². The van der Waals surface area contributed by atoms with E-state index in [1.165, 1.54) is 155 Å². The van der Waals surface area contributed by atoms with Crippen LogP contribution in [0.3, 0.4) is 0 Å². The Kier molecular flexibility index (Phi) is 30.8. The van der Waals surface area contributed by atoms with E-state index in [2.05, 4.69) is 37.7 Å². The molecule has 2 nitrogen and oxygen atoms in total. The number of likely N-dealkylation sites (N-methyl/N-ethyl adjacent to an activating group) is 1. The minimum Gasteiger partial charge on any atom is -0.308 e. The maximum atomic E-state index is 2.75. The minimum absolute atomic E-state index is 0. The Morgan fingerprint density at radius 3 is 0.935 bits per heavy atom. The minimum atomic E-state index is 0. The Bertz CT molecular complexity index is 285. The van der Waals surface area contributed by atoms with E-state index in [0.717, 1.165) is 0 Å². The van der Waals surface area contributed by atoms with Crippen molar-refractivity contribution in [3.8, 4) is 0 Å². The van der Waals surface area contributed by atoms with Gasteiger partial charge < -0.3 is 9.80 Å². The van der Waals surface area contributed by atoms with Crippen molar-refractivity contribution < 1.29 is 0 Å². The van der Waals surface area contributed by atoms with Crippen molar-refractivity contribution in [2.24, 2.45) is 0 Å². The van der Waals surface area contributed by atoms with Gasteiger partial charge in [-0.3, -0.25) is 0 Å². The van der Waals surface area contributed by atoms with E-state index < -0.39 is 0 Å². The Hall–Kier alpha value is 0.400. The number of rotatable bonds is 25. The Morgan fingerprint density at radius 1 is 0.355 bits per heavy atom. The fourth-order valence-corrected chi connectivity index (χ4v) is 4.32. The van der Waals surface area contributed by atoms with Crippen LogP contribution < -0.4 is 0 Å². The van der Waals surface area contributed by atoms with Crippen LogP contribution >= 0.6 is 17.0 Å². The van der Waals surface area contributed by atoms with E-state index in [-0.39, 0.29) is 17.0 Å². The van der Waals surface area contributed by atoms with Crippen molar-refractivity contribution in [1.29, 1.82) is 0 Å². The monoisotopic (exact) mass is 504 g/mol. The van der Waals surface area contributed by atoms with Crippen LogP contribution in [-0.4, -0.2) is 50.1 Å². The third kappa shape index (κ3) is 28.4. The first-order chi connectivity index (χ1) is 14.7. The summed E-state index contributed by atoms with van der Waals surface area (Å²) in [4.78, 5) is 5.08. The fraction of sp³-hybridized carbons (Fsp3) is 1.00. The predicted octanol–water partition coefficient (Wildman–Crippen LogP) is 9.27. The third-order valence-corrected chi connectivity index (χ3v) is 6.52. The predicted molar refractivity (Wildman–Crippen MR) is 149 cm³/mol.